The van der Waals surface area contributed by atoms with Crippen molar-refractivity contribution in [3.63, 3.8) is 0 Å². The second-order valence-corrected chi connectivity index (χ2v) is 9.77. The van der Waals surface area contributed by atoms with Gasteiger partial charge in [0.15, 0.2) is 0 Å². The van der Waals surface area contributed by atoms with Crippen LogP contribution in [0.4, 0.5) is 17.1 Å². The smallest absolute Gasteiger partial charge is 0.136 e. The van der Waals surface area contributed by atoms with Crippen molar-refractivity contribution in [3.8, 4) is 11.1 Å². The number of benzene rings is 7. The van der Waals surface area contributed by atoms with Gasteiger partial charge in [0, 0.05) is 27.5 Å². The van der Waals surface area contributed by atoms with Gasteiger partial charge >= 0.3 is 0 Å². The van der Waals surface area contributed by atoms with Crippen LogP contribution in [0.15, 0.2) is 144 Å². The first-order chi connectivity index (χ1) is 18.8. The SMILES string of the molecule is c1ccc(N(c2ccc(-c3ccc4oc5cccc6ccc3c4c65)cc2)c2cccc3ccccc23)cc1. The van der Waals surface area contributed by atoms with Crippen molar-refractivity contribution >= 4 is 60.5 Å². The third kappa shape index (κ3) is 3.14. The lowest BCUT2D eigenvalue weighted by molar-refractivity contribution is 0.669. The van der Waals surface area contributed by atoms with E-state index in [0.29, 0.717) is 0 Å². The minimum Gasteiger partial charge on any atom is -0.456 e. The fraction of sp³-hybridized carbons (Fsp3) is 0. The highest BCUT2D eigenvalue weighted by Crippen LogP contribution is 2.43. The van der Waals surface area contributed by atoms with E-state index >= 15 is 0 Å². The Morgan fingerprint density at radius 1 is 0.421 bits per heavy atom. The van der Waals surface area contributed by atoms with Crippen LogP contribution in [0.5, 0.6) is 0 Å². The van der Waals surface area contributed by atoms with Crippen molar-refractivity contribution in [2.24, 2.45) is 0 Å². The summed E-state index contributed by atoms with van der Waals surface area (Å²) in [6, 6.07) is 49.6. The minimum atomic E-state index is 0.943. The van der Waals surface area contributed by atoms with Crippen molar-refractivity contribution in [2.75, 3.05) is 4.90 Å². The summed E-state index contributed by atoms with van der Waals surface area (Å²) >= 11 is 0. The van der Waals surface area contributed by atoms with E-state index in [1.165, 1.54) is 49.1 Å². The van der Waals surface area contributed by atoms with Gasteiger partial charge in [-0.2, -0.15) is 0 Å². The van der Waals surface area contributed by atoms with Crippen LogP contribution in [0.1, 0.15) is 0 Å². The molecule has 2 nitrogen and oxygen atoms in total. The number of furan rings is 1. The Balaban J connectivity index is 1.29. The molecule has 0 atom stereocenters. The molecule has 0 aliphatic heterocycles. The highest BCUT2D eigenvalue weighted by atomic mass is 16.3. The predicted octanol–water partition coefficient (Wildman–Crippen LogP) is 10.5. The van der Waals surface area contributed by atoms with Crippen LogP contribution in [0, 0.1) is 0 Å². The normalized spacial score (nSPS) is 11.7. The molecule has 0 aliphatic rings. The highest BCUT2D eigenvalue weighted by Gasteiger charge is 2.17. The Morgan fingerprint density at radius 3 is 2.03 bits per heavy atom. The Morgan fingerprint density at radius 2 is 1.13 bits per heavy atom. The van der Waals surface area contributed by atoms with E-state index in [0.717, 1.165) is 22.5 Å². The molecule has 0 N–H and O–H groups in total. The van der Waals surface area contributed by atoms with Gasteiger partial charge in [-0.3, -0.25) is 0 Å². The lowest BCUT2D eigenvalue weighted by Crippen LogP contribution is -2.10. The molecule has 0 radical (unpaired) electrons. The van der Waals surface area contributed by atoms with E-state index in [-0.39, 0.29) is 0 Å². The molecular weight excluding hydrogens is 462 g/mol. The van der Waals surface area contributed by atoms with E-state index in [4.69, 9.17) is 4.42 Å². The summed E-state index contributed by atoms with van der Waals surface area (Å²) in [6.45, 7) is 0. The molecule has 8 rings (SSSR count). The number of hydrogen-bond acceptors (Lipinski definition) is 2. The molecule has 2 heteroatoms. The number of rotatable bonds is 4. The number of anilines is 3. The molecule has 0 saturated carbocycles. The fourth-order valence-electron chi connectivity index (χ4n) is 5.90. The fourth-order valence-corrected chi connectivity index (χ4v) is 5.90. The molecule has 0 amide bonds. The standard InChI is InChI=1S/C36H23NO/c1-2-11-27(12-3-1)37(32-14-6-9-24-8-4-5-13-30(24)32)28-19-16-25(17-20-28)29-22-23-34-36-31(29)21-18-26-10-7-15-33(38-34)35(26)36/h1-23H. The molecule has 178 valence electrons. The summed E-state index contributed by atoms with van der Waals surface area (Å²) in [5, 5.41) is 7.32. The number of para-hydroxylation sites is 1. The van der Waals surface area contributed by atoms with E-state index in [2.05, 4.69) is 144 Å². The zero-order chi connectivity index (χ0) is 25.1. The van der Waals surface area contributed by atoms with Gasteiger partial charge in [0.2, 0.25) is 0 Å². The van der Waals surface area contributed by atoms with Gasteiger partial charge in [-0.05, 0) is 69.8 Å². The van der Waals surface area contributed by atoms with Crippen molar-refractivity contribution < 1.29 is 4.42 Å². The maximum absolute atomic E-state index is 6.18. The van der Waals surface area contributed by atoms with Crippen LogP contribution in [0.3, 0.4) is 0 Å². The van der Waals surface area contributed by atoms with Crippen molar-refractivity contribution in [1.82, 2.24) is 0 Å². The second-order valence-electron chi connectivity index (χ2n) is 9.77. The maximum Gasteiger partial charge on any atom is 0.136 e. The van der Waals surface area contributed by atoms with Crippen molar-refractivity contribution in [3.05, 3.63) is 140 Å². The average molecular weight is 486 g/mol. The summed E-state index contributed by atoms with van der Waals surface area (Å²) in [7, 11) is 0. The largest absolute Gasteiger partial charge is 0.456 e. The molecule has 8 aromatic rings. The van der Waals surface area contributed by atoms with Gasteiger partial charge in [0.05, 0.1) is 5.69 Å². The molecule has 0 unspecified atom stereocenters. The zero-order valence-corrected chi connectivity index (χ0v) is 20.6. The number of nitrogens with zero attached hydrogens (tertiary/aromatic N) is 1. The van der Waals surface area contributed by atoms with Crippen molar-refractivity contribution in [1.29, 1.82) is 0 Å². The van der Waals surface area contributed by atoms with E-state index in [1.807, 2.05) is 0 Å². The van der Waals surface area contributed by atoms with Crippen LogP contribution >= 0.6 is 0 Å². The van der Waals surface area contributed by atoms with E-state index in [1.54, 1.807) is 0 Å². The van der Waals surface area contributed by atoms with Gasteiger partial charge in [0.1, 0.15) is 11.2 Å². The monoisotopic (exact) mass is 485 g/mol. The van der Waals surface area contributed by atoms with Gasteiger partial charge in [-0.1, -0.05) is 97.1 Å². The molecule has 7 aromatic carbocycles. The van der Waals surface area contributed by atoms with Crippen LogP contribution in [0.25, 0.3) is 54.6 Å². The Hall–Kier alpha value is -5.08. The quantitative estimate of drug-likeness (QED) is 0.231. The lowest BCUT2D eigenvalue weighted by atomic mass is 9.94. The molecule has 1 aromatic heterocycles. The third-order valence-corrected chi connectivity index (χ3v) is 7.62. The van der Waals surface area contributed by atoms with Crippen LogP contribution in [-0.4, -0.2) is 0 Å². The topological polar surface area (TPSA) is 16.4 Å². The zero-order valence-electron chi connectivity index (χ0n) is 20.6. The maximum atomic E-state index is 6.18. The van der Waals surface area contributed by atoms with Crippen LogP contribution < -0.4 is 4.90 Å². The van der Waals surface area contributed by atoms with Crippen molar-refractivity contribution in [2.45, 2.75) is 0 Å². The molecule has 0 fully saturated rings. The third-order valence-electron chi connectivity index (χ3n) is 7.62. The first-order valence-electron chi connectivity index (χ1n) is 12.9. The minimum absolute atomic E-state index is 0.943. The van der Waals surface area contributed by atoms with Gasteiger partial charge < -0.3 is 9.32 Å². The second kappa shape index (κ2) is 8.22. The van der Waals surface area contributed by atoms with Crippen LogP contribution in [0.2, 0.25) is 0 Å². The summed E-state index contributed by atoms with van der Waals surface area (Å²) in [5.74, 6) is 0. The molecule has 1 heterocycles. The van der Waals surface area contributed by atoms with Gasteiger partial charge in [0.25, 0.3) is 0 Å². The Bertz CT molecular complexity index is 2060. The Kier molecular flexibility index (Phi) is 4.55. The molecule has 0 saturated heterocycles. The molecule has 0 spiro atoms. The van der Waals surface area contributed by atoms with Gasteiger partial charge in [-0.15, -0.1) is 0 Å². The molecule has 0 aliphatic carbocycles. The van der Waals surface area contributed by atoms with Gasteiger partial charge in [-0.25, -0.2) is 0 Å². The Labute approximate surface area is 220 Å². The summed E-state index contributed by atoms with van der Waals surface area (Å²) in [5.41, 5.74) is 7.72. The summed E-state index contributed by atoms with van der Waals surface area (Å²) in [4.78, 5) is 2.34. The molecule has 38 heavy (non-hydrogen) atoms. The van der Waals surface area contributed by atoms with E-state index < -0.39 is 0 Å². The van der Waals surface area contributed by atoms with E-state index in [9.17, 15) is 0 Å². The molecule has 0 bridgehead atoms. The average Bonchev–Trinajstić information content (AvgIpc) is 3.37. The van der Waals surface area contributed by atoms with Crippen LogP contribution in [-0.2, 0) is 0 Å². The first kappa shape index (κ1) is 21.0. The molecular formula is C36H23NO. The first-order valence-corrected chi connectivity index (χ1v) is 12.9. The summed E-state index contributed by atoms with van der Waals surface area (Å²) in [6.07, 6.45) is 0. The number of fused-ring (bicyclic) bond motifs is 1. The number of hydrogen-bond donors (Lipinski definition) is 0. The summed E-state index contributed by atoms with van der Waals surface area (Å²) < 4.78 is 6.18. The highest BCUT2D eigenvalue weighted by molar-refractivity contribution is 6.24. The predicted molar refractivity (Wildman–Crippen MR) is 160 cm³/mol. The lowest BCUT2D eigenvalue weighted by Gasteiger charge is -2.27.